The van der Waals surface area contributed by atoms with Crippen molar-refractivity contribution in [3.63, 3.8) is 0 Å². The van der Waals surface area contributed by atoms with E-state index in [0.29, 0.717) is 12.2 Å². The van der Waals surface area contributed by atoms with E-state index in [1.807, 2.05) is 19.1 Å². The van der Waals surface area contributed by atoms with Crippen molar-refractivity contribution in [1.82, 2.24) is 10.2 Å². The molecule has 7 nitrogen and oxygen atoms in total. The quantitative estimate of drug-likeness (QED) is 0.644. The average Bonchev–Trinajstić information content (AvgIpc) is 3.29. The second kappa shape index (κ2) is 10.9. The van der Waals surface area contributed by atoms with Gasteiger partial charge >= 0.3 is 0 Å². The predicted octanol–water partition coefficient (Wildman–Crippen LogP) is 3.35. The number of likely N-dealkylation sites (N-methyl/N-ethyl adjacent to an activating group) is 1. The number of amides is 2. The fourth-order valence-electron chi connectivity index (χ4n) is 4.62. The van der Waals surface area contributed by atoms with Crippen molar-refractivity contribution in [1.29, 1.82) is 0 Å². The van der Waals surface area contributed by atoms with Gasteiger partial charge in [-0.2, -0.15) is 0 Å². The number of nitrogens with one attached hydrogen (secondary N) is 1. The molecule has 2 heterocycles. The van der Waals surface area contributed by atoms with Crippen LogP contribution in [0.2, 0.25) is 0 Å². The molecule has 0 spiro atoms. The van der Waals surface area contributed by atoms with Gasteiger partial charge in [0.15, 0.2) is 6.61 Å². The highest BCUT2D eigenvalue weighted by Gasteiger charge is 2.23. The van der Waals surface area contributed by atoms with Gasteiger partial charge in [-0.1, -0.05) is 6.92 Å². The number of carbonyl (C=O) groups excluding carboxylic acids is 2. The number of nitrogens with zero attached hydrogens (tertiary/aromatic N) is 3. The zero-order valence-corrected chi connectivity index (χ0v) is 19.9. The Hall–Kier alpha value is -3.13. The Bertz CT molecular complexity index is 1010. The Morgan fingerprint density at radius 1 is 1.09 bits per heavy atom. The summed E-state index contributed by atoms with van der Waals surface area (Å²) in [5, 5.41) is 2.93. The Balaban J connectivity index is 1.34. The molecule has 2 aromatic rings. The highest BCUT2D eigenvalue weighted by Crippen LogP contribution is 2.29. The van der Waals surface area contributed by atoms with Gasteiger partial charge in [0.2, 0.25) is 5.91 Å². The Kier molecular flexibility index (Phi) is 7.67. The van der Waals surface area contributed by atoms with Crippen LogP contribution in [0.3, 0.4) is 0 Å². The SMILES string of the molecule is CCN1CCN(c2ccc(F)cc2C(C)NC(=O)COc2ccc(N3CCCC3=O)cc2)CC1. The first-order chi connectivity index (χ1) is 16.4. The second-order valence-electron chi connectivity index (χ2n) is 8.85. The summed E-state index contributed by atoms with van der Waals surface area (Å²) in [4.78, 5) is 30.9. The highest BCUT2D eigenvalue weighted by atomic mass is 19.1. The number of piperazine rings is 1. The molecular formula is C26H33FN4O3. The molecule has 1 unspecified atom stereocenters. The Labute approximate surface area is 200 Å². The fraction of sp³-hybridized carbons (Fsp3) is 0.462. The summed E-state index contributed by atoms with van der Waals surface area (Å²) in [6.07, 6.45) is 1.45. The lowest BCUT2D eigenvalue weighted by molar-refractivity contribution is -0.123. The molecule has 1 atom stereocenters. The number of halogens is 1. The van der Waals surface area contributed by atoms with Crippen molar-refractivity contribution in [2.45, 2.75) is 32.7 Å². The lowest BCUT2D eigenvalue weighted by Gasteiger charge is -2.37. The molecule has 2 aliphatic rings. The molecule has 0 radical (unpaired) electrons. The molecule has 2 amide bonds. The Morgan fingerprint density at radius 2 is 1.82 bits per heavy atom. The van der Waals surface area contributed by atoms with Crippen LogP contribution in [-0.4, -0.2) is 62.6 Å². The summed E-state index contributed by atoms with van der Waals surface area (Å²) in [6.45, 7) is 9.29. The molecule has 2 aromatic carbocycles. The molecule has 182 valence electrons. The van der Waals surface area contributed by atoms with Crippen LogP contribution < -0.4 is 19.9 Å². The minimum Gasteiger partial charge on any atom is -0.484 e. The molecule has 2 saturated heterocycles. The van der Waals surface area contributed by atoms with E-state index in [9.17, 15) is 14.0 Å². The number of benzene rings is 2. The molecule has 4 rings (SSSR count). The van der Waals surface area contributed by atoms with Crippen molar-refractivity contribution in [2.75, 3.05) is 55.7 Å². The van der Waals surface area contributed by atoms with Gasteiger partial charge in [0.25, 0.3) is 5.91 Å². The van der Waals surface area contributed by atoms with E-state index in [1.54, 1.807) is 23.1 Å². The van der Waals surface area contributed by atoms with Crippen LogP contribution in [0, 0.1) is 5.82 Å². The number of hydrogen-bond donors (Lipinski definition) is 1. The van der Waals surface area contributed by atoms with Crippen molar-refractivity contribution < 1.29 is 18.7 Å². The van der Waals surface area contributed by atoms with E-state index >= 15 is 0 Å². The van der Waals surface area contributed by atoms with Gasteiger partial charge in [0.1, 0.15) is 11.6 Å². The molecule has 0 bridgehead atoms. The third-order valence-corrected chi connectivity index (χ3v) is 6.59. The number of rotatable bonds is 8. The summed E-state index contributed by atoms with van der Waals surface area (Å²) in [6, 6.07) is 11.6. The first-order valence-corrected chi connectivity index (χ1v) is 12.0. The summed E-state index contributed by atoms with van der Waals surface area (Å²) >= 11 is 0. The largest absolute Gasteiger partial charge is 0.484 e. The van der Waals surface area contributed by atoms with Crippen LogP contribution >= 0.6 is 0 Å². The second-order valence-corrected chi connectivity index (χ2v) is 8.85. The molecule has 2 fully saturated rings. The van der Waals surface area contributed by atoms with Gasteiger partial charge in [-0.15, -0.1) is 0 Å². The van der Waals surface area contributed by atoms with Gasteiger partial charge in [-0.3, -0.25) is 9.59 Å². The summed E-state index contributed by atoms with van der Waals surface area (Å²) in [5.74, 6) is 0.0848. The standard InChI is InChI=1S/C26H33FN4O3/c1-3-29-13-15-30(16-14-29)24-11-6-20(27)17-23(24)19(2)28-25(32)18-34-22-9-7-21(8-10-22)31-12-4-5-26(31)33/h6-11,17,19H,3-5,12-16,18H2,1-2H3,(H,28,32). The molecule has 0 saturated carbocycles. The molecule has 8 heteroatoms. The summed E-state index contributed by atoms with van der Waals surface area (Å²) in [5.41, 5.74) is 2.56. The molecular weight excluding hydrogens is 435 g/mol. The summed E-state index contributed by atoms with van der Waals surface area (Å²) < 4.78 is 19.7. The van der Waals surface area contributed by atoms with E-state index in [0.717, 1.165) is 62.6 Å². The lowest BCUT2D eigenvalue weighted by Crippen LogP contribution is -2.46. The minimum atomic E-state index is -0.366. The van der Waals surface area contributed by atoms with Crippen LogP contribution in [0.4, 0.5) is 15.8 Å². The van der Waals surface area contributed by atoms with Crippen LogP contribution in [0.5, 0.6) is 5.75 Å². The maximum atomic E-state index is 14.1. The lowest BCUT2D eigenvalue weighted by atomic mass is 10.0. The normalized spacial score (nSPS) is 17.7. The van der Waals surface area contributed by atoms with Crippen molar-refractivity contribution >= 4 is 23.2 Å². The van der Waals surface area contributed by atoms with Crippen LogP contribution in [0.25, 0.3) is 0 Å². The van der Waals surface area contributed by atoms with E-state index < -0.39 is 0 Å². The van der Waals surface area contributed by atoms with Crippen molar-refractivity contribution in [3.8, 4) is 5.75 Å². The summed E-state index contributed by atoms with van der Waals surface area (Å²) in [7, 11) is 0. The van der Waals surface area contributed by atoms with E-state index in [1.165, 1.54) is 12.1 Å². The first-order valence-electron chi connectivity index (χ1n) is 12.0. The zero-order chi connectivity index (χ0) is 24.1. The van der Waals surface area contributed by atoms with Gasteiger partial charge in [0, 0.05) is 56.1 Å². The smallest absolute Gasteiger partial charge is 0.258 e. The van der Waals surface area contributed by atoms with E-state index in [-0.39, 0.29) is 30.3 Å². The van der Waals surface area contributed by atoms with Crippen LogP contribution in [0.1, 0.15) is 38.3 Å². The molecule has 2 aliphatic heterocycles. The monoisotopic (exact) mass is 468 g/mol. The third-order valence-electron chi connectivity index (χ3n) is 6.59. The number of anilines is 2. The predicted molar refractivity (Wildman–Crippen MR) is 131 cm³/mol. The zero-order valence-electron chi connectivity index (χ0n) is 19.9. The van der Waals surface area contributed by atoms with Gasteiger partial charge in [-0.25, -0.2) is 4.39 Å². The van der Waals surface area contributed by atoms with Gasteiger partial charge in [0.05, 0.1) is 6.04 Å². The molecule has 1 N–H and O–H groups in total. The Morgan fingerprint density at radius 3 is 2.47 bits per heavy atom. The highest BCUT2D eigenvalue weighted by molar-refractivity contribution is 5.95. The fourth-order valence-corrected chi connectivity index (χ4v) is 4.62. The first kappa shape index (κ1) is 24.0. The number of carbonyl (C=O) groups is 2. The van der Waals surface area contributed by atoms with Crippen molar-refractivity contribution in [2.24, 2.45) is 0 Å². The average molecular weight is 469 g/mol. The molecule has 0 aliphatic carbocycles. The molecule has 0 aromatic heterocycles. The third kappa shape index (κ3) is 5.67. The molecule has 34 heavy (non-hydrogen) atoms. The van der Waals surface area contributed by atoms with Gasteiger partial charge in [-0.05, 0) is 62.4 Å². The van der Waals surface area contributed by atoms with Crippen molar-refractivity contribution in [3.05, 3.63) is 53.8 Å². The van der Waals surface area contributed by atoms with Crippen LogP contribution in [-0.2, 0) is 9.59 Å². The number of ether oxygens (including phenoxy) is 1. The minimum absolute atomic E-state index is 0.131. The maximum absolute atomic E-state index is 14.1. The van der Waals surface area contributed by atoms with E-state index in [2.05, 4.69) is 22.0 Å². The number of hydrogen-bond acceptors (Lipinski definition) is 5. The van der Waals surface area contributed by atoms with Crippen LogP contribution in [0.15, 0.2) is 42.5 Å². The van der Waals surface area contributed by atoms with Gasteiger partial charge < -0.3 is 24.8 Å². The topological polar surface area (TPSA) is 65.1 Å². The maximum Gasteiger partial charge on any atom is 0.258 e. The van der Waals surface area contributed by atoms with E-state index in [4.69, 9.17) is 4.74 Å².